The van der Waals surface area contributed by atoms with E-state index in [0.29, 0.717) is 17.2 Å². The minimum absolute atomic E-state index is 0.318. The van der Waals surface area contributed by atoms with Crippen molar-refractivity contribution in [3.8, 4) is 11.1 Å². The lowest BCUT2D eigenvalue weighted by atomic mass is 9.96. The Balaban J connectivity index is 2.08. The molecule has 0 aliphatic carbocycles. The van der Waals surface area contributed by atoms with Gasteiger partial charge in [-0.3, -0.25) is 0 Å². The van der Waals surface area contributed by atoms with Crippen LogP contribution in [0.5, 0.6) is 0 Å². The van der Waals surface area contributed by atoms with Gasteiger partial charge in [-0.05, 0) is 43.2 Å². The third-order valence-electron chi connectivity index (χ3n) is 5.25. The van der Waals surface area contributed by atoms with Crippen LogP contribution in [-0.4, -0.2) is 24.1 Å². The van der Waals surface area contributed by atoms with E-state index < -0.39 is 0 Å². The van der Waals surface area contributed by atoms with Gasteiger partial charge < -0.3 is 15.0 Å². The van der Waals surface area contributed by atoms with Crippen LogP contribution in [-0.2, 0) is 4.74 Å². The fourth-order valence-electron chi connectivity index (χ4n) is 3.85. The molecule has 0 saturated carbocycles. The number of anilines is 1. The van der Waals surface area contributed by atoms with E-state index in [0.717, 1.165) is 58.0 Å². The van der Waals surface area contributed by atoms with Crippen molar-refractivity contribution in [3.05, 3.63) is 65.2 Å². The molecule has 2 N–H and O–H groups in total. The van der Waals surface area contributed by atoms with E-state index in [1.54, 1.807) is 0 Å². The second-order valence-electron chi connectivity index (χ2n) is 7.28. The highest BCUT2D eigenvalue weighted by Crippen LogP contribution is 2.40. The topological polar surface area (TPSA) is 54.1 Å². The number of H-pyrrole nitrogens is 1. The van der Waals surface area contributed by atoms with Crippen LogP contribution in [0.25, 0.3) is 32.9 Å². The number of aromatic amines is 1. The van der Waals surface area contributed by atoms with Gasteiger partial charge in [0, 0.05) is 33.4 Å². The number of rotatable bonds is 7. The van der Waals surface area contributed by atoms with Gasteiger partial charge >= 0.3 is 5.97 Å². The summed E-state index contributed by atoms with van der Waals surface area (Å²) < 4.78 is 5.45. The van der Waals surface area contributed by atoms with Crippen LogP contribution in [0.3, 0.4) is 0 Å². The van der Waals surface area contributed by atoms with Gasteiger partial charge in [-0.25, -0.2) is 4.79 Å². The Hall–Kier alpha value is -2.98. The van der Waals surface area contributed by atoms with E-state index in [2.05, 4.69) is 35.4 Å². The van der Waals surface area contributed by atoms with Crippen molar-refractivity contribution in [2.45, 2.75) is 26.7 Å². The quantitative estimate of drug-likeness (QED) is 0.249. The smallest absolute Gasteiger partial charge is 0.340 e. The van der Waals surface area contributed by atoms with E-state index >= 15 is 0 Å². The molecule has 0 atom stereocenters. The first kappa shape index (κ1) is 20.3. The van der Waals surface area contributed by atoms with Crippen molar-refractivity contribution in [2.75, 3.05) is 18.5 Å². The van der Waals surface area contributed by atoms with Crippen LogP contribution in [0.4, 0.5) is 5.69 Å². The number of benzene rings is 3. The lowest BCUT2D eigenvalue weighted by molar-refractivity contribution is 0.0530. The third-order valence-corrected chi connectivity index (χ3v) is 5.48. The molecule has 3 aromatic carbocycles. The van der Waals surface area contributed by atoms with E-state index in [1.165, 1.54) is 0 Å². The summed E-state index contributed by atoms with van der Waals surface area (Å²) in [5.41, 5.74) is 5.29. The summed E-state index contributed by atoms with van der Waals surface area (Å²) in [6, 6.07) is 17.9. The fourth-order valence-corrected chi connectivity index (χ4v) is 4.02. The van der Waals surface area contributed by atoms with Crippen LogP contribution in [0.1, 0.15) is 37.0 Å². The van der Waals surface area contributed by atoms with Gasteiger partial charge in [0.1, 0.15) is 0 Å². The first-order valence-corrected chi connectivity index (χ1v) is 10.8. The molecule has 0 spiro atoms. The van der Waals surface area contributed by atoms with Crippen molar-refractivity contribution in [1.82, 2.24) is 4.98 Å². The molecule has 0 saturated heterocycles. The Morgan fingerprint density at radius 2 is 1.90 bits per heavy atom. The summed E-state index contributed by atoms with van der Waals surface area (Å²) in [6.07, 6.45) is 2.08. The van der Waals surface area contributed by atoms with Crippen LogP contribution < -0.4 is 5.32 Å². The molecule has 0 aliphatic rings. The van der Waals surface area contributed by atoms with Crippen molar-refractivity contribution in [1.29, 1.82) is 0 Å². The largest absolute Gasteiger partial charge is 0.462 e. The number of halogens is 1. The third kappa shape index (κ3) is 3.75. The molecule has 0 fully saturated rings. The molecule has 5 heteroatoms. The number of ether oxygens (including phenoxy) is 1. The summed E-state index contributed by atoms with van der Waals surface area (Å²) >= 11 is 6.32. The molecule has 0 aliphatic heterocycles. The molecule has 1 heterocycles. The van der Waals surface area contributed by atoms with E-state index in [-0.39, 0.29) is 5.97 Å². The lowest BCUT2D eigenvalue weighted by Gasteiger charge is -2.16. The number of hydrogen-bond donors (Lipinski definition) is 2. The first-order chi connectivity index (χ1) is 14.6. The van der Waals surface area contributed by atoms with Gasteiger partial charge in [-0.15, -0.1) is 0 Å². The van der Waals surface area contributed by atoms with Crippen LogP contribution in [0.2, 0.25) is 5.02 Å². The van der Waals surface area contributed by atoms with Gasteiger partial charge in [-0.1, -0.05) is 55.3 Å². The summed E-state index contributed by atoms with van der Waals surface area (Å²) in [6.45, 7) is 5.07. The lowest BCUT2D eigenvalue weighted by Crippen LogP contribution is -2.11. The molecule has 4 rings (SSSR count). The Morgan fingerprint density at radius 1 is 1.10 bits per heavy atom. The SMILES string of the molecule is CCCCNc1cc(-c2ccccc2)c2[nH]c3ccc(Cl)cc3c2c1C(=O)OCC. The predicted octanol–water partition coefficient (Wildman–Crippen LogP) is 7.03. The van der Waals surface area contributed by atoms with Crippen molar-refractivity contribution >= 4 is 45.1 Å². The molecular formula is C25H25ClN2O2. The second kappa shape index (κ2) is 8.80. The van der Waals surface area contributed by atoms with Gasteiger partial charge in [0.2, 0.25) is 0 Å². The monoisotopic (exact) mass is 420 g/mol. The highest BCUT2D eigenvalue weighted by molar-refractivity contribution is 6.32. The molecule has 0 radical (unpaired) electrons. The maximum absolute atomic E-state index is 13.1. The Labute approximate surface area is 181 Å². The van der Waals surface area contributed by atoms with Crippen LogP contribution >= 0.6 is 11.6 Å². The summed E-state index contributed by atoms with van der Waals surface area (Å²) in [7, 11) is 0. The summed E-state index contributed by atoms with van der Waals surface area (Å²) in [5, 5.41) is 5.86. The zero-order valence-corrected chi connectivity index (χ0v) is 18.0. The number of fused-ring (bicyclic) bond motifs is 3. The molecule has 1 aromatic heterocycles. The molecule has 0 amide bonds. The van der Waals surface area contributed by atoms with Gasteiger partial charge in [0.15, 0.2) is 0 Å². The molecule has 0 bridgehead atoms. The number of unbranched alkanes of at least 4 members (excludes halogenated alkanes) is 1. The molecule has 0 unspecified atom stereocenters. The average Bonchev–Trinajstić information content (AvgIpc) is 3.12. The first-order valence-electron chi connectivity index (χ1n) is 10.4. The predicted molar refractivity (Wildman–Crippen MR) is 126 cm³/mol. The normalized spacial score (nSPS) is 11.2. The number of esters is 1. The van der Waals surface area contributed by atoms with Crippen LogP contribution in [0, 0.1) is 0 Å². The summed E-state index contributed by atoms with van der Waals surface area (Å²) in [4.78, 5) is 16.6. The fraction of sp³-hybridized carbons (Fsp3) is 0.240. The molecule has 4 nitrogen and oxygen atoms in total. The van der Waals surface area contributed by atoms with Crippen molar-refractivity contribution < 1.29 is 9.53 Å². The molecular weight excluding hydrogens is 396 g/mol. The molecule has 30 heavy (non-hydrogen) atoms. The average molecular weight is 421 g/mol. The second-order valence-corrected chi connectivity index (χ2v) is 7.71. The van der Waals surface area contributed by atoms with E-state index in [9.17, 15) is 4.79 Å². The van der Waals surface area contributed by atoms with E-state index in [4.69, 9.17) is 16.3 Å². The number of nitrogens with one attached hydrogen (secondary N) is 2. The highest BCUT2D eigenvalue weighted by atomic mass is 35.5. The zero-order valence-electron chi connectivity index (χ0n) is 17.2. The molecule has 4 aromatic rings. The number of carbonyl (C=O) groups excluding carboxylic acids is 1. The maximum atomic E-state index is 13.1. The van der Waals surface area contributed by atoms with Crippen molar-refractivity contribution in [2.24, 2.45) is 0 Å². The van der Waals surface area contributed by atoms with Crippen molar-refractivity contribution in [3.63, 3.8) is 0 Å². The minimum atomic E-state index is -0.331. The van der Waals surface area contributed by atoms with Gasteiger partial charge in [0.05, 0.1) is 23.4 Å². The Morgan fingerprint density at radius 3 is 2.63 bits per heavy atom. The van der Waals surface area contributed by atoms with Crippen LogP contribution in [0.15, 0.2) is 54.6 Å². The standard InChI is InChI=1S/C25H25ClN2O2/c1-3-5-13-27-21-15-18(16-9-7-6-8-10-16)24-22(23(21)25(29)30-4-2)19-14-17(26)11-12-20(19)28-24/h6-12,14-15,27-28H,3-5,13H2,1-2H3. The van der Waals surface area contributed by atoms with Gasteiger partial charge in [-0.2, -0.15) is 0 Å². The Kier molecular flexibility index (Phi) is 5.96. The van der Waals surface area contributed by atoms with E-state index in [1.807, 2.05) is 43.3 Å². The summed E-state index contributed by atoms with van der Waals surface area (Å²) in [5.74, 6) is -0.331. The number of aromatic nitrogens is 1. The zero-order chi connectivity index (χ0) is 21.1. The molecule has 154 valence electrons. The number of carbonyl (C=O) groups is 1. The minimum Gasteiger partial charge on any atom is -0.462 e. The maximum Gasteiger partial charge on any atom is 0.340 e. The van der Waals surface area contributed by atoms with Gasteiger partial charge in [0.25, 0.3) is 0 Å². The Bertz CT molecular complexity index is 1200. The number of hydrogen-bond acceptors (Lipinski definition) is 3. The highest BCUT2D eigenvalue weighted by Gasteiger charge is 2.23.